The molecule has 3 nitrogen and oxygen atoms in total. The number of ether oxygens (including phenoxy) is 1. The molecule has 94 valence electrons. The molecule has 0 radical (unpaired) electrons. The summed E-state index contributed by atoms with van der Waals surface area (Å²) in [5, 5.41) is 4.72. The van der Waals surface area contributed by atoms with Gasteiger partial charge in [-0.25, -0.2) is 0 Å². The highest BCUT2D eigenvalue weighted by Crippen LogP contribution is 2.16. The number of nitrogens with zero attached hydrogens (tertiary/aromatic N) is 1. The van der Waals surface area contributed by atoms with E-state index in [1.807, 2.05) is 12.3 Å². The van der Waals surface area contributed by atoms with Crippen LogP contribution in [0.1, 0.15) is 18.4 Å². The lowest BCUT2D eigenvalue weighted by Gasteiger charge is -2.11. The van der Waals surface area contributed by atoms with Gasteiger partial charge in [0.2, 0.25) is 0 Å². The highest BCUT2D eigenvalue weighted by Gasteiger charge is 2.14. The molecule has 0 saturated carbocycles. The Hall–Kier alpha value is -1.45. The van der Waals surface area contributed by atoms with Gasteiger partial charge in [-0.3, -0.25) is 4.98 Å². The number of rotatable bonds is 4. The number of benzene rings is 1. The first-order valence-corrected chi connectivity index (χ1v) is 6.58. The van der Waals surface area contributed by atoms with Crippen molar-refractivity contribution in [3.05, 3.63) is 42.1 Å². The summed E-state index contributed by atoms with van der Waals surface area (Å²) in [7, 11) is 0. The Labute approximate surface area is 107 Å². The van der Waals surface area contributed by atoms with E-state index in [9.17, 15) is 0 Å². The number of hydrogen-bond acceptors (Lipinski definition) is 3. The van der Waals surface area contributed by atoms with Gasteiger partial charge in [-0.2, -0.15) is 0 Å². The summed E-state index contributed by atoms with van der Waals surface area (Å²) >= 11 is 0. The summed E-state index contributed by atoms with van der Waals surface area (Å²) in [5.74, 6) is 0. The van der Waals surface area contributed by atoms with Crippen molar-refractivity contribution in [1.82, 2.24) is 10.3 Å². The molecule has 2 heterocycles. The minimum Gasteiger partial charge on any atom is -0.377 e. The number of nitrogens with one attached hydrogen (secondary N) is 1. The van der Waals surface area contributed by atoms with Crippen LogP contribution in [-0.2, 0) is 11.3 Å². The summed E-state index contributed by atoms with van der Waals surface area (Å²) in [5.41, 5.74) is 2.37. The Bertz CT molecular complexity index is 515. The van der Waals surface area contributed by atoms with Crippen molar-refractivity contribution in [2.45, 2.75) is 25.5 Å². The smallest absolute Gasteiger partial charge is 0.0705 e. The minimum absolute atomic E-state index is 0.401. The standard InChI is InChI=1S/C15H18N2O/c1-4-12(10-16-11-13-5-3-9-18-13)14-6-2-8-17-15(14)7-1/h1-2,4,6-8,13,16H,3,5,9-11H2. The zero-order chi connectivity index (χ0) is 12.2. The van der Waals surface area contributed by atoms with E-state index in [2.05, 4.69) is 34.6 Å². The fourth-order valence-electron chi connectivity index (χ4n) is 2.49. The lowest BCUT2D eigenvalue weighted by atomic mass is 10.1. The Morgan fingerprint density at radius 2 is 2.28 bits per heavy atom. The second-order valence-electron chi connectivity index (χ2n) is 4.75. The first-order valence-electron chi connectivity index (χ1n) is 6.58. The van der Waals surface area contributed by atoms with Crippen molar-refractivity contribution in [1.29, 1.82) is 0 Å². The molecule has 0 bridgehead atoms. The lowest BCUT2D eigenvalue weighted by Crippen LogP contribution is -2.25. The van der Waals surface area contributed by atoms with E-state index in [-0.39, 0.29) is 0 Å². The summed E-state index contributed by atoms with van der Waals surface area (Å²) in [6.45, 7) is 2.74. The van der Waals surface area contributed by atoms with E-state index in [4.69, 9.17) is 4.74 Å². The fraction of sp³-hybridized carbons (Fsp3) is 0.400. The molecule has 1 unspecified atom stereocenters. The summed E-state index contributed by atoms with van der Waals surface area (Å²) in [6.07, 6.45) is 4.62. The molecule has 1 aromatic heterocycles. The first-order chi connectivity index (χ1) is 8.93. The Morgan fingerprint density at radius 1 is 1.28 bits per heavy atom. The first kappa shape index (κ1) is 11.6. The maximum absolute atomic E-state index is 5.60. The van der Waals surface area contributed by atoms with Gasteiger partial charge in [0.15, 0.2) is 0 Å². The van der Waals surface area contributed by atoms with Gasteiger partial charge in [-0.05, 0) is 30.5 Å². The maximum atomic E-state index is 5.60. The topological polar surface area (TPSA) is 34.1 Å². The van der Waals surface area contributed by atoms with E-state index in [0.29, 0.717) is 6.10 Å². The summed E-state index contributed by atoms with van der Waals surface area (Å²) in [4.78, 5) is 4.37. The van der Waals surface area contributed by atoms with E-state index in [1.165, 1.54) is 23.8 Å². The van der Waals surface area contributed by atoms with Gasteiger partial charge in [0.25, 0.3) is 0 Å². The Balaban J connectivity index is 1.66. The highest BCUT2D eigenvalue weighted by molar-refractivity contribution is 5.81. The van der Waals surface area contributed by atoms with Crippen molar-refractivity contribution < 1.29 is 4.74 Å². The van der Waals surface area contributed by atoms with Gasteiger partial charge in [-0.1, -0.05) is 18.2 Å². The van der Waals surface area contributed by atoms with Gasteiger partial charge in [-0.15, -0.1) is 0 Å². The zero-order valence-corrected chi connectivity index (χ0v) is 10.4. The number of fused-ring (bicyclic) bond motifs is 1. The van der Waals surface area contributed by atoms with Gasteiger partial charge >= 0.3 is 0 Å². The monoisotopic (exact) mass is 242 g/mol. The molecule has 1 atom stereocenters. The molecule has 1 aromatic carbocycles. The van der Waals surface area contributed by atoms with Crippen molar-refractivity contribution in [3.8, 4) is 0 Å². The highest BCUT2D eigenvalue weighted by atomic mass is 16.5. The molecule has 3 heteroatoms. The number of aromatic nitrogens is 1. The van der Waals surface area contributed by atoms with Crippen LogP contribution in [0, 0.1) is 0 Å². The Morgan fingerprint density at radius 3 is 3.17 bits per heavy atom. The van der Waals surface area contributed by atoms with Crippen molar-refractivity contribution >= 4 is 10.9 Å². The van der Waals surface area contributed by atoms with Crippen LogP contribution < -0.4 is 5.32 Å². The molecule has 0 aliphatic carbocycles. The van der Waals surface area contributed by atoms with Crippen LogP contribution in [0.4, 0.5) is 0 Å². The third kappa shape index (κ3) is 2.52. The van der Waals surface area contributed by atoms with Crippen LogP contribution >= 0.6 is 0 Å². The molecule has 0 spiro atoms. The van der Waals surface area contributed by atoms with Crippen molar-refractivity contribution in [2.24, 2.45) is 0 Å². The van der Waals surface area contributed by atoms with Crippen molar-refractivity contribution in [2.75, 3.05) is 13.2 Å². The molecule has 1 saturated heterocycles. The molecule has 1 fully saturated rings. The molecule has 0 amide bonds. The van der Waals surface area contributed by atoms with Gasteiger partial charge < -0.3 is 10.1 Å². The van der Waals surface area contributed by atoms with E-state index in [1.54, 1.807) is 0 Å². The molecule has 3 rings (SSSR count). The predicted octanol–water partition coefficient (Wildman–Crippen LogP) is 2.50. The Kier molecular flexibility index (Phi) is 3.53. The molecule has 1 aliphatic heterocycles. The quantitative estimate of drug-likeness (QED) is 0.894. The summed E-state index contributed by atoms with van der Waals surface area (Å²) in [6, 6.07) is 10.4. The minimum atomic E-state index is 0.401. The van der Waals surface area contributed by atoms with Gasteiger partial charge in [0, 0.05) is 31.3 Å². The molecule has 1 N–H and O–H groups in total. The van der Waals surface area contributed by atoms with E-state index in [0.717, 1.165) is 25.2 Å². The zero-order valence-electron chi connectivity index (χ0n) is 10.4. The second-order valence-corrected chi connectivity index (χ2v) is 4.75. The van der Waals surface area contributed by atoms with E-state index >= 15 is 0 Å². The van der Waals surface area contributed by atoms with Crippen LogP contribution in [0.25, 0.3) is 10.9 Å². The molecule has 2 aromatic rings. The predicted molar refractivity (Wildman–Crippen MR) is 72.4 cm³/mol. The third-order valence-corrected chi connectivity index (χ3v) is 3.45. The molecular formula is C15H18N2O. The average Bonchev–Trinajstić information content (AvgIpc) is 2.92. The molecule has 1 aliphatic rings. The fourth-order valence-corrected chi connectivity index (χ4v) is 2.49. The molecular weight excluding hydrogens is 224 g/mol. The van der Waals surface area contributed by atoms with Crippen LogP contribution in [0.15, 0.2) is 36.5 Å². The lowest BCUT2D eigenvalue weighted by molar-refractivity contribution is 0.110. The largest absolute Gasteiger partial charge is 0.377 e. The van der Waals surface area contributed by atoms with E-state index < -0.39 is 0 Å². The number of hydrogen-bond donors (Lipinski definition) is 1. The average molecular weight is 242 g/mol. The molecule has 18 heavy (non-hydrogen) atoms. The van der Waals surface area contributed by atoms with Crippen molar-refractivity contribution in [3.63, 3.8) is 0 Å². The second kappa shape index (κ2) is 5.46. The normalized spacial score (nSPS) is 19.4. The maximum Gasteiger partial charge on any atom is 0.0705 e. The van der Waals surface area contributed by atoms with Crippen LogP contribution in [-0.4, -0.2) is 24.2 Å². The number of pyridine rings is 1. The van der Waals surface area contributed by atoms with Crippen LogP contribution in [0.5, 0.6) is 0 Å². The summed E-state index contributed by atoms with van der Waals surface area (Å²) < 4.78 is 5.60. The van der Waals surface area contributed by atoms with Crippen LogP contribution in [0.2, 0.25) is 0 Å². The third-order valence-electron chi connectivity index (χ3n) is 3.45. The van der Waals surface area contributed by atoms with Crippen LogP contribution in [0.3, 0.4) is 0 Å². The SMILES string of the molecule is c1cc(CNCC2CCCO2)c2cccnc2c1. The van der Waals surface area contributed by atoms with Gasteiger partial charge in [0.1, 0.15) is 0 Å². The van der Waals surface area contributed by atoms with Gasteiger partial charge in [0.05, 0.1) is 11.6 Å².